The average Bonchev–Trinajstić information content (AvgIpc) is 2.76. The Morgan fingerprint density at radius 1 is 0.793 bits per heavy atom. The number of ketones is 1. The quantitative estimate of drug-likeness (QED) is 0.331. The Bertz CT molecular complexity index is 925. The smallest absolute Gasteiger partial charge is 0.338 e. The van der Waals surface area contributed by atoms with Crippen molar-refractivity contribution in [2.24, 2.45) is 4.99 Å². The summed E-state index contributed by atoms with van der Waals surface area (Å²) in [4.78, 5) is 30.3. The minimum Gasteiger partial charge on any atom is -0.464 e. The number of hydrogen-bond acceptors (Lipinski definition) is 4. The maximum Gasteiger partial charge on any atom is 0.338 e. The van der Waals surface area contributed by atoms with E-state index in [9.17, 15) is 9.59 Å². The molecule has 0 heterocycles. The summed E-state index contributed by atoms with van der Waals surface area (Å²) in [6, 6.07) is 27.2. The van der Waals surface area contributed by atoms with E-state index in [0.29, 0.717) is 5.71 Å². The SMILES string of the molecule is CCOC(=O)C(N=C(c1ccccc1)c1ccccc1)C(=O)Cc1ccccc1. The maximum absolute atomic E-state index is 13.0. The summed E-state index contributed by atoms with van der Waals surface area (Å²) in [5.74, 6) is -0.920. The molecular weight excluding hydrogens is 362 g/mol. The average molecular weight is 385 g/mol. The second kappa shape index (κ2) is 10.1. The van der Waals surface area contributed by atoms with E-state index < -0.39 is 12.0 Å². The van der Waals surface area contributed by atoms with E-state index in [0.717, 1.165) is 16.7 Å². The zero-order valence-corrected chi connectivity index (χ0v) is 16.3. The summed E-state index contributed by atoms with van der Waals surface area (Å²) < 4.78 is 5.17. The Balaban J connectivity index is 2.02. The molecule has 146 valence electrons. The minimum absolute atomic E-state index is 0.116. The van der Waals surface area contributed by atoms with Crippen molar-refractivity contribution in [3.63, 3.8) is 0 Å². The van der Waals surface area contributed by atoms with E-state index in [1.165, 1.54) is 0 Å². The molecular formula is C25H23NO3. The van der Waals surface area contributed by atoms with Gasteiger partial charge >= 0.3 is 5.97 Å². The lowest BCUT2D eigenvalue weighted by molar-refractivity contribution is -0.147. The van der Waals surface area contributed by atoms with Crippen molar-refractivity contribution in [2.45, 2.75) is 19.4 Å². The van der Waals surface area contributed by atoms with Crippen LogP contribution in [0.3, 0.4) is 0 Å². The Morgan fingerprint density at radius 3 is 1.76 bits per heavy atom. The van der Waals surface area contributed by atoms with E-state index in [1.54, 1.807) is 6.92 Å². The second-order valence-corrected chi connectivity index (χ2v) is 6.49. The first kappa shape index (κ1) is 20.2. The van der Waals surface area contributed by atoms with Gasteiger partial charge < -0.3 is 4.74 Å². The van der Waals surface area contributed by atoms with E-state index >= 15 is 0 Å². The number of ether oxygens (including phenoxy) is 1. The van der Waals surface area contributed by atoms with Crippen LogP contribution >= 0.6 is 0 Å². The molecule has 0 aliphatic carbocycles. The molecule has 29 heavy (non-hydrogen) atoms. The van der Waals surface area contributed by atoms with Gasteiger partial charge in [0.05, 0.1) is 12.3 Å². The number of esters is 1. The highest BCUT2D eigenvalue weighted by molar-refractivity contribution is 6.16. The van der Waals surface area contributed by atoms with Crippen LogP contribution in [0.5, 0.6) is 0 Å². The van der Waals surface area contributed by atoms with Crippen LogP contribution in [0.15, 0.2) is 96.0 Å². The molecule has 0 bridgehead atoms. The van der Waals surface area contributed by atoms with E-state index in [-0.39, 0.29) is 18.8 Å². The number of aliphatic imine (C=N–C) groups is 1. The minimum atomic E-state index is -1.22. The van der Waals surface area contributed by atoms with Crippen molar-refractivity contribution < 1.29 is 14.3 Å². The zero-order valence-electron chi connectivity index (χ0n) is 16.3. The van der Waals surface area contributed by atoms with Crippen LogP contribution in [-0.2, 0) is 20.7 Å². The van der Waals surface area contributed by atoms with Gasteiger partial charge in [0.15, 0.2) is 5.78 Å². The summed E-state index contributed by atoms with van der Waals surface area (Å²) in [5, 5.41) is 0. The number of Topliss-reactive ketones (excluding diaryl/α,β-unsaturated/α-hetero) is 1. The van der Waals surface area contributed by atoms with Gasteiger partial charge in [-0.1, -0.05) is 91.0 Å². The molecule has 0 aliphatic heterocycles. The van der Waals surface area contributed by atoms with Crippen LogP contribution in [0.4, 0.5) is 0 Å². The molecule has 4 heteroatoms. The summed E-state index contributed by atoms with van der Waals surface area (Å²) >= 11 is 0. The van der Waals surface area contributed by atoms with Gasteiger partial charge in [-0.25, -0.2) is 4.79 Å². The summed E-state index contributed by atoms with van der Waals surface area (Å²) in [6.45, 7) is 1.91. The Labute approximate surface area is 170 Å². The van der Waals surface area contributed by atoms with Crippen LogP contribution in [0, 0.1) is 0 Å². The van der Waals surface area contributed by atoms with Crippen LogP contribution in [0.1, 0.15) is 23.6 Å². The van der Waals surface area contributed by atoms with Crippen molar-refractivity contribution in [1.29, 1.82) is 0 Å². The fourth-order valence-electron chi connectivity index (χ4n) is 3.01. The molecule has 1 atom stereocenters. The molecule has 0 N–H and O–H groups in total. The van der Waals surface area contributed by atoms with Crippen LogP contribution < -0.4 is 0 Å². The molecule has 0 aromatic heterocycles. The van der Waals surface area contributed by atoms with E-state index in [4.69, 9.17) is 4.74 Å². The Kier molecular flexibility index (Phi) is 7.06. The fourth-order valence-corrected chi connectivity index (χ4v) is 3.01. The first-order valence-electron chi connectivity index (χ1n) is 9.61. The van der Waals surface area contributed by atoms with Gasteiger partial charge in [0.1, 0.15) is 0 Å². The molecule has 0 aliphatic rings. The maximum atomic E-state index is 13.0. The second-order valence-electron chi connectivity index (χ2n) is 6.49. The van der Waals surface area contributed by atoms with E-state index in [2.05, 4.69) is 4.99 Å². The van der Waals surface area contributed by atoms with Crippen molar-refractivity contribution >= 4 is 17.5 Å². The molecule has 0 saturated carbocycles. The van der Waals surface area contributed by atoms with E-state index in [1.807, 2.05) is 91.0 Å². The lowest BCUT2D eigenvalue weighted by Crippen LogP contribution is -2.33. The number of benzene rings is 3. The largest absolute Gasteiger partial charge is 0.464 e. The van der Waals surface area contributed by atoms with Gasteiger partial charge in [0.2, 0.25) is 6.04 Å². The van der Waals surface area contributed by atoms with Crippen LogP contribution in [0.2, 0.25) is 0 Å². The van der Waals surface area contributed by atoms with Gasteiger partial charge in [-0.05, 0) is 12.5 Å². The van der Waals surface area contributed by atoms with Gasteiger partial charge in [0.25, 0.3) is 0 Å². The third kappa shape index (κ3) is 5.48. The van der Waals surface area contributed by atoms with Crippen LogP contribution in [0.25, 0.3) is 0 Å². The Hall–Kier alpha value is -3.53. The topological polar surface area (TPSA) is 55.7 Å². The first-order chi connectivity index (χ1) is 14.2. The van der Waals surface area contributed by atoms with Crippen molar-refractivity contribution in [3.05, 3.63) is 108 Å². The van der Waals surface area contributed by atoms with Gasteiger partial charge in [-0.3, -0.25) is 9.79 Å². The van der Waals surface area contributed by atoms with Gasteiger partial charge in [-0.2, -0.15) is 0 Å². The Morgan fingerprint density at radius 2 is 1.28 bits per heavy atom. The summed E-state index contributed by atoms with van der Waals surface area (Å²) in [6.07, 6.45) is 0.116. The number of hydrogen-bond donors (Lipinski definition) is 0. The lowest BCUT2D eigenvalue weighted by Gasteiger charge is -2.14. The number of nitrogens with zero attached hydrogens (tertiary/aromatic N) is 1. The molecule has 0 radical (unpaired) electrons. The molecule has 0 spiro atoms. The highest BCUT2D eigenvalue weighted by atomic mass is 16.5. The molecule has 3 rings (SSSR count). The summed E-state index contributed by atoms with van der Waals surface area (Å²) in [5.41, 5.74) is 3.09. The molecule has 0 saturated heterocycles. The molecule has 1 unspecified atom stereocenters. The van der Waals surface area contributed by atoms with Crippen molar-refractivity contribution in [2.75, 3.05) is 6.61 Å². The van der Waals surface area contributed by atoms with Gasteiger partial charge in [0, 0.05) is 17.5 Å². The van der Waals surface area contributed by atoms with Crippen molar-refractivity contribution in [1.82, 2.24) is 0 Å². The normalized spacial score (nSPS) is 11.3. The lowest BCUT2D eigenvalue weighted by atomic mass is 10.00. The fraction of sp³-hybridized carbons (Fsp3) is 0.160. The third-order valence-corrected chi connectivity index (χ3v) is 4.39. The molecule has 0 fully saturated rings. The number of rotatable bonds is 8. The predicted molar refractivity (Wildman–Crippen MR) is 114 cm³/mol. The first-order valence-corrected chi connectivity index (χ1v) is 9.61. The predicted octanol–water partition coefficient (Wildman–Crippen LogP) is 4.27. The van der Waals surface area contributed by atoms with Gasteiger partial charge in [-0.15, -0.1) is 0 Å². The molecule has 3 aromatic carbocycles. The number of carbonyl (C=O) groups excluding carboxylic acids is 2. The molecule has 3 aromatic rings. The monoisotopic (exact) mass is 385 g/mol. The standard InChI is InChI=1S/C25H23NO3/c1-2-29-25(28)24(22(27)18-19-12-6-3-7-13-19)26-23(20-14-8-4-9-15-20)21-16-10-5-11-17-21/h3-17,24H,2,18H2,1H3. The molecule has 0 amide bonds. The summed E-state index contributed by atoms with van der Waals surface area (Å²) in [7, 11) is 0. The highest BCUT2D eigenvalue weighted by Crippen LogP contribution is 2.15. The van der Waals surface area contributed by atoms with Crippen molar-refractivity contribution in [3.8, 4) is 0 Å². The number of carbonyl (C=O) groups is 2. The highest BCUT2D eigenvalue weighted by Gasteiger charge is 2.28. The zero-order chi connectivity index (χ0) is 20.5. The van der Waals surface area contributed by atoms with Crippen LogP contribution in [-0.4, -0.2) is 30.1 Å². The molecule has 4 nitrogen and oxygen atoms in total. The third-order valence-electron chi connectivity index (χ3n) is 4.39.